The molecule has 0 atom stereocenters. The standard InChI is InChI=1S/C15H16N2O3/c1-9-7-10(2)17-15(13(9)14(16)19)20-12-5-3-11(8-18)4-6-12/h3-7,18H,8H2,1-2H3,(H2,16,19). The number of benzene rings is 1. The van der Waals surface area contributed by atoms with Gasteiger partial charge in [-0.1, -0.05) is 12.1 Å². The second kappa shape index (κ2) is 5.71. The molecule has 2 aromatic rings. The summed E-state index contributed by atoms with van der Waals surface area (Å²) in [6.07, 6.45) is 0. The Morgan fingerprint density at radius 2 is 1.95 bits per heavy atom. The van der Waals surface area contributed by atoms with E-state index in [9.17, 15) is 4.79 Å². The smallest absolute Gasteiger partial charge is 0.254 e. The van der Waals surface area contributed by atoms with Crippen molar-refractivity contribution in [3.8, 4) is 11.6 Å². The van der Waals surface area contributed by atoms with E-state index in [1.54, 1.807) is 37.3 Å². The topological polar surface area (TPSA) is 85.4 Å². The number of primary amides is 1. The maximum Gasteiger partial charge on any atom is 0.254 e. The molecular formula is C15H16N2O3. The first-order valence-electron chi connectivity index (χ1n) is 6.17. The van der Waals surface area contributed by atoms with E-state index in [4.69, 9.17) is 15.6 Å². The van der Waals surface area contributed by atoms with Crippen LogP contribution in [0.25, 0.3) is 0 Å². The molecule has 0 aliphatic rings. The van der Waals surface area contributed by atoms with Crippen LogP contribution in [0, 0.1) is 13.8 Å². The molecule has 5 nitrogen and oxygen atoms in total. The number of ether oxygens (including phenoxy) is 1. The number of hydrogen-bond acceptors (Lipinski definition) is 4. The third-order valence-corrected chi connectivity index (χ3v) is 2.88. The first-order chi connectivity index (χ1) is 9.51. The molecule has 0 radical (unpaired) electrons. The number of aliphatic hydroxyl groups is 1. The Kier molecular flexibility index (Phi) is 4.00. The van der Waals surface area contributed by atoms with E-state index in [0.717, 1.165) is 16.8 Å². The number of hydrogen-bond donors (Lipinski definition) is 2. The Morgan fingerprint density at radius 1 is 1.30 bits per heavy atom. The maximum absolute atomic E-state index is 11.5. The molecule has 0 saturated heterocycles. The van der Waals surface area contributed by atoms with E-state index >= 15 is 0 Å². The number of nitrogens with zero attached hydrogens (tertiary/aromatic N) is 1. The predicted molar refractivity (Wildman–Crippen MR) is 74.7 cm³/mol. The minimum atomic E-state index is -0.572. The maximum atomic E-state index is 11.5. The van der Waals surface area contributed by atoms with Gasteiger partial charge in [-0.05, 0) is 43.2 Å². The molecular weight excluding hydrogens is 256 g/mol. The lowest BCUT2D eigenvalue weighted by molar-refractivity contribution is 0.0997. The summed E-state index contributed by atoms with van der Waals surface area (Å²) < 4.78 is 5.64. The second-order valence-corrected chi connectivity index (χ2v) is 4.53. The molecule has 0 saturated carbocycles. The summed E-state index contributed by atoms with van der Waals surface area (Å²) >= 11 is 0. The summed E-state index contributed by atoms with van der Waals surface area (Å²) in [6, 6.07) is 8.66. The van der Waals surface area contributed by atoms with Crippen LogP contribution in [0.15, 0.2) is 30.3 Å². The van der Waals surface area contributed by atoms with Gasteiger partial charge in [0, 0.05) is 5.69 Å². The fourth-order valence-corrected chi connectivity index (χ4v) is 1.95. The van der Waals surface area contributed by atoms with Crippen molar-refractivity contribution in [2.24, 2.45) is 5.73 Å². The molecule has 0 aliphatic carbocycles. The molecule has 0 fully saturated rings. The number of aliphatic hydroxyl groups excluding tert-OH is 1. The molecule has 0 spiro atoms. The van der Waals surface area contributed by atoms with Crippen molar-refractivity contribution < 1.29 is 14.6 Å². The number of pyridine rings is 1. The van der Waals surface area contributed by atoms with Crippen molar-refractivity contribution in [2.45, 2.75) is 20.5 Å². The summed E-state index contributed by atoms with van der Waals surface area (Å²) in [5.74, 6) is 0.158. The highest BCUT2D eigenvalue weighted by atomic mass is 16.5. The quantitative estimate of drug-likeness (QED) is 0.892. The van der Waals surface area contributed by atoms with Crippen LogP contribution in [-0.4, -0.2) is 16.0 Å². The molecule has 1 heterocycles. The fraction of sp³-hybridized carbons (Fsp3) is 0.200. The SMILES string of the molecule is Cc1cc(C)c(C(N)=O)c(Oc2ccc(CO)cc2)n1. The largest absolute Gasteiger partial charge is 0.438 e. The molecule has 1 amide bonds. The minimum Gasteiger partial charge on any atom is -0.438 e. The Balaban J connectivity index is 2.39. The molecule has 2 rings (SSSR count). The molecule has 0 unspecified atom stereocenters. The van der Waals surface area contributed by atoms with Gasteiger partial charge in [-0.2, -0.15) is 0 Å². The number of nitrogens with two attached hydrogens (primary N) is 1. The van der Waals surface area contributed by atoms with E-state index in [0.29, 0.717) is 5.75 Å². The van der Waals surface area contributed by atoms with Gasteiger partial charge in [-0.25, -0.2) is 4.98 Å². The molecule has 3 N–H and O–H groups in total. The first kappa shape index (κ1) is 14.0. The van der Waals surface area contributed by atoms with Gasteiger partial charge in [0.15, 0.2) is 0 Å². The number of aromatic nitrogens is 1. The normalized spacial score (nSPS) is 10.3. The number of rotatable bonds is 4. The molecule has 1 aromatic heterocycles. The van der Waals surface area contributed by atoms with Crippen LogP contribution >= 0.6 is 0 Å². The first-order valence-corrected chi connectivity index (χ1v) is 6.17. The summed E-state index contributed by atoms with van der Waals surface area (Å²) in [6.45, 7) is 3.57. The fourth-order valence-electron chi connectivity index (χ4n) is 1.95. The van der Waals surface area contributed by atoms with E-state index in [-0.39, 0.29) is 18.1 Å². The highest BCUT2D eigenvalue weighted by Gasteiger charge is 2.16. The zero-order valence-corrected chi connectivity index (χ0v) is 11.4. The molecule has 0 aliphatic heterocycles. The third-order valence-electron chi connectivity index (χ3n) is 2.88. The van der Waals surface area contributed by atoms with Gasteiger partial charge in [0.1, 0.15) is 11.3 Å². The van der Waals surface area contributed by atoms with Gasteiger partial charge in [0.25, 0.3) is 5.91 Å². The van der Waals surface area contributed by atoms with Crippen LogP contribution in [0.2, 0.25) is 0 Å². The number of carbonyl (C=O) groups is 1. The lowest BCUT2D eigenvalue weighted by Crippen LogP contribution is -2.15. The van der Waals surface area contributed by atoms with Crippen molar-refractivity contribution in [1.29, 1.82) is 0 Å². The highest BCUT2D eigenvalue weighted by Crippen LogP contribution is 2.26. The Hall–Kier alpha value is -2.40. The van der Waals surface area contributed by atoms with Gasteiger partial charge < -0.3 is 15.6 Å². The average molecular weight is 272 g/mol. The van der Waals surface area contributed by atoms with Crippen LogP contribution in [0.5, 0.6) is 11.6 Å². The van der Waals surface area contributed by atoms with Crippen molar-refractivity contribution in [3.63, 3.8) is 0 Å². The Bertz CT molecular complexity index is 636. The minimum absolute atomic E-state index is 0.0331. The molecule has 104 valence electrons. The van der Waals surface area contributed by atoms with Crippen molar-refractivity contribution >= 4 is 5.91 Å². The van der Waals surface area contributed by atoms with Crippen LogP contribution in [-0.2, 0) is 6.61 Å². The van der Waals surface area contributed by atoms with E-state index < -0.39 is 5.91 Å². The van der Waals surface area contributed by atoms with Gasteiger partial charge >= 0.3 is 0 Å². The zero-order chi connectivity index (χ0) is 14.7. The summed E-state index contributed by atoms with van der Waals surface area (Å²) in [5.41, 5.74) is 7.90. The van der Waals surface area contributed by atoms with Gasteiger partial charge in [0.2, 0.25) is 5.88 Å². The third kappa shape index (κ3) is 2.95. The van der Waals surface area contributed by atoms with Gasteiger partial charge in [-0.3, -0.25) is 4.79 Å². The lowest BCUT2D eigenvalue weighted by atomic mass is 10.1. The van der Waals surface area contributed by atoms with E-state index in [1.807, 2.05) is 6.92 Å². The summed E-state index contributed by atoms with van der Waals surface area (Å²) in [7, 11) is 0. The Morgan fingerprint density at radius 3 is 2.50 bits per heavy atom. The highest BCUT2D eigenvalue weighted by molar-refractivity contribution is 5.96. The van der Waals surface area contributed by atoms with Crippen molar-refractivity contribution in [3.05, 3.63) is 52.7 Å². The molecule has 20 heavy (non-hydrogen) atoms. The van der Waals surface area contributed by atoms with E-state index in [2.05, 4.69) is 4.98 Å². The van der Waals surface area contributed by atoms with Crippen molar-refractivity contribution in [2.75, 3.05) is 0 Å². The predicted octanol–water partition coefficient (Wildman–Crippen LogP) is 2.08. The number of carbonyl (C=O) groups excluding carboxylic acids is 1. The summed E-state index contributed by atoms with van der Waals surface area (Å²) in [5, 5.41) is 8.99. The number of aryl methyl sites for hydroxylation is 2. The molecule has 1 aromatic carbocycles. The Labute approximate surface area is 117 Å². The van der Waals surface area contributed by atoms with Crippen LogP contribution < -0.4 is 10.5 Å². The molecule has 5 heteroatoms. The van der Waals surface area contributed by atoms with Gasteiger partial charge in [0.05, 0.1) is 6.61 Å². The monoisotopic (exact) mass is 272 g/mol. The van der Waals surface area contributed by atoms with E-state index in [1.165, 1.54) is 0 Å². The van der Waals surface area contributed by atoms with Crippen LogP contribution in [0.3, 0.4) is 0 Å². The van der Waals surface area contributed by atoms with Crippen LogP contribution in [0.4, 0.5) is 0 Å². The second-order valence-electron chi connectivity index (χ2n) is 4.53. The van der Waals surface area contributed by atoms with Gasteiger partial charge in [-0.15, -0.1) is 0 Å². The zero-order valence-electron chi connectivity index (χ0n) is 11.4. The molecule has 0 bridgehead atoms. The average Bonchev–Trinajstić information content (AvgIpc) is 2.38. The lowest BCUT2D eigenvalue weighted by Gasteiger charge is -2.11. The number of amides is 1. The summed E-state index contributed by atoms with van der Waals surface area (Å²) in [4.78, 5) is 15.7. The van der Waals surface area contributed by atoms with Crippen LogP contribution in [0.1, 0.15) is 27.2 Å². The van der Waals surface area contributed by atoms with Crippen molar-refractivity contribution in [1.82, 2.24) is 4.98 Å².